The minimum atomic E-state index is -0.819. The topological polar surface area (TPSA) is 69.6 Å². The molecule has 1 fully saturated rings. The molecule has 2 atom stereocenters. The standard InChI is InChI=1S/C12H22N2O3/c1-3-10-7-6-9(2)14(10)12(17)13-8-4-5-11(15)16/h9-10H,3-8H2,1-2H3,(H,13,17)(H,15,16). The largest absolute Gasteiger partial charge is 0.481 e. The highest BCUT2D eigenvalue weighted by molar-refractivity contribution is 5.75. The molecule has 1 saturated heterocycles. The number of rotatable bonds is 5. The summed E-state index contributed by atoms with van der Waals surface area (Å²) in [5.74, 6) is -0.819. The van der Waals surface area contributed by atoms with Crippen LogP contribution in [0.25, 0.3) is 0 Å². The zero-order valence-corrected chi connectivity index (χ0v) is 10.6. The first-order valence-corrected chi connectivity index (χ1v) is 6.34. The maximum Gasteiger partial charge on any atom is 0.317 e. The van der Waals surface area contributed by atoms with Gasteiger partial charge < -0.3 is 15.3 Å². The van der Waals surface area contributed by atoms with Gasteiger partial charge in [-0.2, -0.15) is 0 Å². The van der Waals surface area contributed by atoms with E-state index in [1.54, 1.807) is 0 Å². The zero-order valence-electron chi connectivity index (χ0n) is 10.6. The lowest BCUT2D eigenvalue weighted by atomic mass is 10.2. The van der Waals surface area contributed by atoms with Gasteiger partial charge in [-0.15, -0.1) is 0 Å². The van der Waals surface area contributed by atoms with Crippen molar-refractivity contribution in [2.24, 2.45) is 0 Å². The molecular formula is C12H22N2O3. The molecule has 2 unspecified atom stereocenters. The molecule has 0 aliphatic carbocycles. The minimum Gasteiger partial charge on any atom is -0.481 e. The van der Waals surface area contributed by atoms with Crippen LogP contribution in [0.5, 0.6) is 0 Å². The van der Waals surface area contributed by atoms with E-state index in [1.807, 2.05) is 4.90 Å². The Hall–Kier alpha value is -1.26. The van der Waals surface area contributed by atoms with E-state index in [9.17, 15) is 9.59 Å². The highest BCUT2D eigenvalue weighted by Crippen LogP contribution is 2.25. The normalized spacial score (nSPS) is 23.8. The van der Waals surface area contributed by atoms with Gasteiger partial charge in [-0.3, -0.25) is 4.79 Å². The Morgan fingerprint density at radius 3 is 2.71 bits per heavy atom. The molecule has 1 aliphatic heterocycles. The molecule has 2 amide bonds. The number of urea groups is 1. The smallest absolute Gasteiger partial charge is 0.317 e. The number of carbonyl (C=O) groups is 2. The summed E-state index contributed by atoms with van der Waals surface area (Å²) < 4.78 is 0. The molecule has 0 aromatic rings. The quantitative estimate of drug-likeness (QED) is 0.722. The summed E-state index contributed by atoms with van der Waals surface area (Å²) in [4.78, 5) is 24.2. The molecule has 5 nitrogen and oxygen atoms in total. The first-order valence-electron chi connectivity index (χ1n) is 6.34. The first kappa shape index (κ1) is 13.8. The van der Waals surface area contributed by atoms with Crippen molar-refractivity contribution >= 4 is 12.0 Å². The molecule has 0 aromatic heterocycles. The summed E-state index contributed by atoms with van der Waals surface area (Å²) in [6.45, 7) is 4.59. The number of carbonyl (C=O) groups excluding carboxylic acids is 1. The van der Waals surface area contributed by atoms with E-state index < -0.39 is 5.97 Å². The lowest BCUT2D eigenvalue weighted by Crippen LogP contribution is -2.46. The Morgan fingerprint density at radius 1 is 1.41 bits per heavy atom. The number of hydrogen-bond donors (Lipinski definition) is 2. The molecule has 1 heterocycles. The average Bonchev–Trinajstić information content (AvgIpc) is 2.65. The van der Waals surface area contributed by atoms with Crippen molar-refractivity contribution in [3.8, 4) is 0 Å². The van der Waals surface area contributed by atoms with Crippen molar-refractivity contribution in [3.05, 3.63) is 0 Å². The van der Waals surface area contributed by atoms with Crippen LogP contribution in [0.3, 0.4) is 0 Å². The number of nitrogens with one attached hydrogen (secondary N) is 1. The Bertz CT molecular complexity index is 281. The third-order valence-corrected chi connectivity index (χ3v) is 3.34. The van der Waals surface area contributed by atoms with Gasteiger partial charge in [0.25, 0.3) is 0 Å². The summed E-state index contributed by atoms with van der Waals surface area (Å²) in [5, 5.41) is 11.3. The molecule has 1 aliphatic rings. The fraction of sp³-hybridized carbons (Fsp3) is 0.833. The van der Waals surface area contributed by atoms with Crippen LogP contribution in [-0.4, -0.2) is 40.6 Å². The van der Waals surface area contributed by atoms with Crippen molar-refractivity contribution < 1.29 is 14.7 Å². The maximum atomic E-state index is 11.9. The van der Waals surface area contributed by atoms with E-state index in [4.69, 9.17) is 5.11 Å². The number of hydrogen-bond acceptors (Lipinski definition) is 2. The molecule has 17 heavy (non-hydrogen) atoms. The number of carboxylic acid groups (broad SMARTS) is 1. The third kappa shape index (κ3) is 3.91. The first-order chi connectivity index (χ1) is 8.06. The van der Waals surface area contributed by atoms with E-state index >= 15 is 0 Å². The van der Waals surface area contributed by atoms with Crippen molar-refractivity contribution in [1.82, 2.24) is 10.2 Å². The molecular weight excluding hydrogens is 220 g/mol. The highest BCUT2D eigenvalue weighted by Gasteiger charge is 2.32. The lowest BCUT2D eigenvalue weighted by molar-refractivity contribution is -0.137. The number of carboxylic acids is 1. The van der Waals surface area contributed by atoms with E-state index in [0.29, 0.717) is 25.0 Å². The molecule has 98 valence electrons. The van der Waals surface area contributed by atoms with Crippen LogP contribution in [-0.2, 0) is 4.79 Å². The van der Waals surface area contributed by atoms with E-state index in [0.717, 1.165) is 19.3 Å². The second kappa shape index (κ2) is 6.47. The molecule has 5 heteroatoms. The predicted molar refractivity (Wildman–Crippen MR) is 64.9 cm³/mol. The van der Waals surface area contributed by atoms with Crippen LogP contribution >= 0.6 is 0 Å². The van der Waals surface area contributed by atoms with Gasteiger partial charge in [-0.25, -0.2) is 4.79 Å². The van der Waals surface area contributed by atoms with Gasteiger partial charge in [0, 0.05) is 25.0 Å². The Labute approximate surface area is 102 Å². The second-order valence-electron chi connectivity index (χ2n) is 4.62. The molecule has 0 saturated carbocycles. The lowest BCUT2D eigenvalue weighted by Gasteiger charge is -2.28. The van der Waals surface area contributed by atoms with Gasteiger partial charge in [0.05, 0.1) is 0 Å². The summed E-state index contributed by atoms with van der Waals surface area (Å²) in [5.41, 5.74) is 0. The van der Waals surface area contributed by atoms with Crippen LogP contribution < -0.4 is 5.32 Å². The van der Waals surface area contributed by atoms with Crippen LogP contribution in [0.15, 0.2) is 0 Å². The van der Waals surface area contributed by atoms with Gasteiger partial charge >= 0.3 is 12.0 Å². The van der Waals surface area contributed by atoms with Gasteiger partial charge in [0.1, 0.15) is 0 Å². The van der Waals surface area contributed by atoms with E-state index in [2.05, 4.69) is 19.2 Å². The maximum absolute atomic E-state index is 11.9. The van der Waals surface area contributed by atoms with E-state index in [1.165, 1.54) is 0 Å². The van der Waals surface area contributed by atoms with Crippen molar-refractivity contribution in [2.45, 2.75) is 58.0 Å². The van der Waals surface area contributed by atoms with Crippen LogP contribution in [0.2, 0.25) is 0 Å². The fourth-order valence-electron chi connectivity index (χ4n) is 2.36. The highest BCUT2D eigenvalue weighted by atomic mass is 16.4. The van der Waals surface area contributed by atoms with Crippen LogP contribution in [0.1, 0.15) is 46.0 Å². The molecule has 0 radical (unpaired) electrons. The molecule has 0 spiro atoms. The summed E-state index contributed by atoms with van der Waals surface area (Å²) >= 11 is 0. The van der Waals surface area contributed by atoms with Gasteiger partial charge in [-0.1, -0.05) is 6.92 Å². The minimum absolute atomic E-state index is 0.0489. The zero-order chi connectivity index (χ0) is 12.8. The van der Waals surface area contributed by atoms with Crippen molar-refractivity contribution in [3.63, 3.8) is 0 Å². The number of nitrogens with zero attached hydrogens (tertiary/aromatic N) is 1. The van der Waals surface area contributed by atoms with Gasteiger partial charge in [0.15, 0.2) is 0 Å². The Morgan fingerprint density at radius 2 is 2.12 bits per heavy atom. The summed E-state index contributed by atoms with van der Waals surface area (Å²) in [6.07, 6.45) is 3.70. The molecule has 0 bridgehead atoms. The predicted octanol–water partition coefficient (Wildman–Crippen LogP) is 1.82. The summed E-state index contributed by atoms with van der Waals surface area (Å²) in [7, 11) is 0. The third-order valence-electron chi connectivity index (χ3n) is 3.34. The summed E-state index contributed by atoms with van der Waals surface area (Å²) in [6, 6.07) is 0.580. The van der Waals surface area contributed by atoms with Crippen molar-refractivity contribution in [2.75, 3.05) is 6.54 Å². The van der Waals surface area contributed by atoms with Gasteiger partial charge in [0.2, 0.25) is 0 Å². The molecule has 0 aromatic carbocycles. The Kier molecular flexibility index (Phi) is 5.25. The second-order valence-corrected chi connectivity index (χ2v) is 4.62. The number of aliphatic carboxylic acids is 1. The average molecular weight is 242 g/mol. The number of amides is 2. The molecule has 2 N–H and O–H groups in total. The van der Waals surface area contributed by atoms with Crippen molar-refractivity contribution in [1.29, 1.82) is 0 Å². The van der Waals surface area contributed by atoms with Gasteiger partial charge in [-0.05, 0) is 32.6 Å². The monoisotopic (exact) mass is 242 g/mol. The SMILES string of the molecule is CCC1CCC(C)N1C(=O)NCCCC(=O)O. The van der Waals surface area contributed by atoms with Crippen LogP contribution in [0.4, 0.5) is 4.79 Å². The Balaban J connectivity index is 2.33. The fourth-order valence-corrected chi connectivity index (χ4v) is 2.36. The molecule has 1 rings (SSSR count). The van der Waals surface area contributed by atoms with E-state index in [-0.39, 0.29) is 12.5 Å². The number of likely N-dealkylation sites (tertiary alicyclic amines) is 1. The van der Waals surface area contributed by atoms with Crippen LogP contribution in [0, 0.1) is 0 Å².